The number of amides is 1. The summed E-state index contributed by atoms with van der Waals surface area (Å²) < 4.78 is 22.3. The van der Waals surface area contributed by atoms with Gasteiger partial charge in [0.25, 0.3) is 0 Å². The highest BCUT2D eigenvalue weighted by molar-refractivity contribution is 6.23. The molecule has 0 radical (unpaired) electrons. The monoisotopic (exact) mass is 824 g/mol. The van der Waals surface area contributed by atoms with Crippen LogP contribution < -0.4 is 10.6 Å². The Morgan fingerprint density at radius 1 is 0.559 bits per heavy atom. The molecule has 14 nitrogen and oxygen atoms in total. The Balaban J connectivity index is 1.74. The molecule has 2 N–H and O–H groups in total. The smallest absolute Gasteiger partial charge is 0.407 e. The second kappa shape index (κ2) is 21.2. The van der Waals surface area contributed by atoms with Gasteiger partial charge in [-0.3, -0.25) is 33.9 Å². The van der Waals surface area contributed by atoms with E-state index in [1.165, 1.54) is 0 Å². The summed E-state index contributed by atoms with van der Waals surface area (Å²) >= 11 is 0. The second-order valence-corrected chi connectivity index (χ2v) is 18.9. The first kappa shape index (κ1) is 49.0. The van der Waals surface area contributed by atoms with Gasteiger partial charge in [-0.05, 0) is 100 Å². The number of hydrogen-bond acceptors (Lipinski definition) is 13. The van der Waals surface area contributed by atoms with E-state index in [1.807, 2.05) is 77.9 Å². The maximum atomic E-state index is 13.5. The van der Waals surface area contributed by atoms with Crippen LogP contribution in [-0.2, 0) is 33.3 Å². The fraction of sp³-hybridized carbons (Fsp3) is 0.622. The highest BCUT2D eigenvalue weighted by Crippen LogP contribution is 2.31. The summed E-state index contributed by atoms with van der Waals surface area (Å²) in [6.07, 6.45) is 1.38. The van der Waals surface area contributed by atoms with E-state index in [0.717, 1.165) is 16.3 Å². The van der Waals surface area contributed by atoms with Gasteiger partial charge in [0.15, 0.2) is 5.78 Å². The molecule has 0 spiro atoms. The lowest BCUT2D eigenvalue weighted by atomic mass is 9.88. The van der Waals surface area contributed by atoms with Crippen LogP contribution in [0.5, 0.6) is 0 Å². The van der Waals surface area contributed by atoms with Gasteiger partial charge >= 0.3 is 24.0 Å². The van der Waals surface area contributed by atoms with E-state index in [2.05, 4.69) is 10.6 Å². The van der Waals surface area contributed by atoms with E-state index >= 15 is 0 Å². The predicted molar refractivity (Wildman–Crippen MR) is 230 cm³/mol. The van der Waals surface area contributed by atoms with E-state index in [0.29, 0.717) is 63.5 Å². The van der Waals surface area contributed by atoms with Gasteiger partial charge in [0.2, 0.25) is 0 Å². The van der Waals surface area contributed by atoms with E-state index < -0.39 is 40.4 Å². The standard InChI is InChI=1S/C45H69N5O9/c1-42(2,3)56-36(51)29-48(21-19-46-28-34-27-33-17-13-15-32-16-14-18-35(39(32)33)40(34)54)23-25-50(31-38(53)58-44(7,8)9)26-24-49(30-37(52)57-43(4,5)6)22-20-47-41(55)59-45(10,11)12/h13-18,27,46H,19-26,28-31H2,1-12H3,(H,47,55). The van der Waals surface area contributed by atoms with Crippen molar-refractivity contribution in [3.8, 4) is 0 Å². The molecule has 59 heavy (non-hydrogen) atoms. The number of carbonyl (C=O) groups excluding carboxylic acids is 5. The van der Waals surface area contributed by atoms with Crippen LogP contribution in [0.4, 0.5) is 4.79 Å². The number of ether oxygens (including phenoxy) is 4. The number of ketones is 1. The lowest BCUT2D eigenvalue weighted by Gasteiger charge is -2.31. The molecule has 0 unspecified atom stereocenters. The summed E-state index contributed by atoms with van der Waals surface area (Å²) in [5.74, 6) is -1.22. The first-order valence-corrected chi connectivity index (χ1v) is 20.5. The number of benzene rings is 2. The van der Waals surface area contributed by atoms with Crippen molar-refractivity contribution in [3.05, 3.63) is 53.1 Å². The molecule has 0 bridgehead atoms. The third kappa shape index (κ3) is 19.0. The van der Waals surface area contributed by atoms with Crippen molar-refractivity contribution in [1.29, 1.82) is 0 Å². The Labute approximate surface area is 351 Å². The fourth-order valence-corrected chi connectivity index (χ4v) is 6.37. The van der Waals surface area contributed by atoms with Crippen LogP contribution in [0.15, 0.2) is 42.0 Å². The van der Waals surface area contributed by atoms with Crippen LogP contribution in [0.2, 0.25) is 0 Å². The summed E-state index contributed by atoms with van der Waals surface area (Å²) in [6.45, 7) is 24.8. The molecule has 0 aromatic heterocycles. The number of carbonyl (C=O) groups is 5. The lowest BCUT2D eigenvalue weighted by Crippen LogP contribution is -2.47. The SMILES string of the molecule is CC(C)(C)OC(=O)CN(CCNCC1=Cc2cccc3cccc(c23)C1=O)CCN(CCN(CCNC(=O)OC(C)(C)C)CC(=O)OC(C)(C)C)CC(=O)OC(C)(C)C. The summed E-state index contributed by atoms with van der Waals surface area (Å²) in [5.41, 5.74) is -0.354. The van der Waals surface area contributed by atoms with Crippen molar-refractivity contribution in [2.45, 2.75) is 105 Å². The first-order chi connectivity index (χ1) is 27.3. The predicted octanol–water partition coefficient (Wildman–Crippen LogP) is 5.46. The number of esters is 3. The van der Waals surface area contributed by atoms with Crippen molar-refractivity contribution in [2.75, 3.05) is 78.5 Å². The van der Waals surface area contributed by atoms with Gasteiger partial charge < -0.3 is 29.6 Å². The van der Waals surface area contributed by atoms with E-state index in [9.17, 15) is 24.0 Å². The van der Waals surface area contributed by atoms with Crippen LogP contribution in [0, 0.1) is 0 Å². The van der Waals surface area contributed by atoms with E-state index in [-0.39, 0.29) is 37.9 Å². The Morgan fingerprint density at radius 3 is 1.44 bits per heavy atom. The Kier molecular flexibility index (Phi) is 17.6. The van der Waals surface area contributed by atoms with Gasteiger partial charge in [-0.2, -0.15) is 0 Å². The van der Waals surface area contributed by atoms with E-state index in [4.69, 9.17) is 18.9 Å². The minimum absolute atomic E-state index is 0.00784. The summed E-state index contributed by atoms with van der Waals surface area (Å²) in [6, 6.07) is 11.8. The minimum Gasteiger partial charge on any atom is -0.459 e. The molecule has 0 saturated heterocycles. The molecule has 0 saturated carbocycles. The van der Waals surface area contributed by atoms with Crippen LogP contribution in [0.3, 0.4) is 0 Å². The molecule has 3 rings (SSSR count). The molecule has 0 atom stereocenters. The highest BCUT2D eigenvalue weighted by Gasteiger charge is 2.26. The quantitative estimate of drug-likeness (QED) is 0.0987. The molecular weight excluding hydrogens is 755 g/mol. The van der Waals surface area contributed by atoms with Crippen molar-refractivity contribution in [3.63, 3.8) is 0 Å². The third-order valence-corrected chi connectivity index (χ3v) is 8.60. The summed E-state index contributed by atoms with van der Waals surface area (Å²) in [4.78, 5) is 70.8. The molecule has 2 aromatic carbocycles. The lowest BCUT2D eigenvalue weighted by molar-refractivity contribution is -0.158. The fourth-order valence-electron chi connectivity index (χ4n) is 6.37. The molecule has 1 amide bonds. The van der Waals surface area contributed by atoms with Crippen LogP contribution >= 0.6 is 0 Å². The maximum absolute atomic E-state index is 13.5. The molecule has 2 aromatic rings. The number of nitrogens with zero attached hydrogens (tertiary/aromatic N) is 3. The molecule has 0 fully saturated rings. The number of Topliss-reactive ketones (excluding diaryl/α,β-unsaturated/α-hetero) is 1. The zero-order valence-electron chi connectivity index (χ0n) is 37.5. The Hall–Kier alpha value is -4.37. The minimum atomic E-state index is -0.697. The van der Waals surface area contributed by atoms with Gasteiger partial charge in [0.1, 0.15) is 22.4 Å². The summed E-state index contributed by atoms with van der Waals surface area (Å²) in [7, 11) is 0. The highest BCUT2D eigenvalue weighted by atomic mass is 16.6. The molecule has 1 aliphatic rings. The molecule has 1 aliphatic carbocycles. The average molecular weight is 824 g/mol. The van der Waals surface area contributed by atoms with Gasteiger partial charge in [0.05, 0.1) is 19.6 Å². The maximum Gasteiger partial charge on any atom is 0.407 e. The molecular formula is C45H69N5O9. The number of nitrogens with one attached hydrogen (secondary N) is 2. The van der Waals surface area contributed by atoms with Gasteiger partial charge in [0, 0.05) is 75.4 Å². The van der Waals surface area contributed by atoms with E-state index in [1.54, 1.807) is 62.3 Å². The van der Waals surface area contributed by atoms with Crippen LogP contribution in [0.25, 0.3) is 16.8 Å². The van der Waals surface area contributed by atoms with Crippen LogP contribution in [0.1, 0.15) is 99.0 Å². The largest absolute Gasteiger partial charge is 0.459 e. The average Bonchev–Trinajstić information content (AvgIpc) is 3.06. The molecule has 0 aliphatic heterocycles. The summed E-state index contributed by atoms with van der Waals surface area (Å²) in [5, 5.41) is 8.14. The second-order valence-electron chi connectivity index (χ2n) is 18.9. The normalized spacial score (nSPS) is 13.5. The Bertz CT molecular complexity index is 1790. The first-order valence-electron chi connectivity index (χ1n) is 20.5. The van der Waals surface area contributed by atoms with Crippen LogP contribution in [-0.4, -0.2) is 145 Å². The van der Waals surface area contributed by atoms with Gasteiger partial charge in [-0.15, -0.1) is 0 Å². The van der Waals surface area contributed by atoms with Gasteiger partial charge in [-0.25, -0.2) is 4.79 Å². The zero-order chi connectivity index (χ0) is 44.2. The number of hydrogen-bond donors (Lipinski definition) is 2. The third-order valence-electron chi connectivity index (χ3n) is 8.60. The number of alkyl carbamates (subject to hydrolysis) is 1. The van der Waals surface area contributed by atoms with Crippen molar-refractivity contribution in [2.24, 2.45) is 0 Å². The molecule has 14 heteroatoms. The molecule has 328 valence electrons. The topological polar surface area (TPSA) is 156 Å². The number of rotatable bonds is 20. The van der Waals surface area contributed by atoms with Crippen molar-refractivity contribution < 1.29 is 42.9 Å². The van der Waals surface area contributed by atoms with Crippen molar-refractivity contribution in [1.82, 2.24) is 25.3 Å². The van der Waals surface area contributed by atoms with Gasteiger partial charge in [-0.1, -0.05) is 36.4 Å². The zero-order valence-corrected chi connectivity index (χ0v) is 37.5. The molecule has 0 heterocycles. The Morgan fingerprint density at radius 2 is 0.983 bits per heavy atom. The van der Waals surface area contributed by atoms with Crippen molar-refractivity contribution >= 4 is 46.6 Å².